The van der Waals surface area contributed by atoms with Crippen molar-refractivity contribution in [2.75, 3.05) is 9.80 Å². The van der Waals surface area contributed by atoms with Gasteiger partial charge in [-0.05, 0) is 146 Å². The number of anilines is 2. The van der Waals surface area contributed by atoms with Gasteiger partial charge in [0.1, 0.15) is 0 Å². The van der Waals surface area contributed by atoms with Crippen LogP contribution in [0.1, 0.15) is 33.4 Å². The molecule has 0 amide bonds. The van der Waals surface area contributed by atoms with Crippen LogP contribution < -0.4 is 9.80 Å². The molecule has 0 aliphatic carbocycles. The summed E-state index contributed by atoms with van der Waals surface area (Å²) in [4.78, 5) is 4.47. The molecule has 2 aliphatic rings. The molecule has 2 aliphatic heterocycles. The summed E-state index contributed by atoms with van der Waals surface area (Å²) in [7, 11) is 0. The molecule has 42 heavy (non-hydrogen) atoms. The predicted octanol–water partition coefficient (Wildman–Crippen LogP) is 10.6. The minimum absolute atomic E-state index is 1.20. The van der Waals surface area contributed by atoms with Crippen molar-refractivity contribution in [3.8, 4) is 22.3 Å². The van der Waals surface area contributed by atoms with E-state index in [0.717, 1.165) is 0 Å². The molecule has 0 unspecified atom stereocenters. The quantitative estimate of drug-likeness (QED) is 0.251. The molecule has 0 saturated carbocycles. The zero-order valence-corrected chi connectivity index (χ0v) is 25.4. The lowest BCUT2D eigenvalue weighted by molar-refractivity contribution is 1.18. The van der Waals surface area contributed by atoms with Crippen molar-refractivity contribution >= 4 is 11.4 Å². The first kappa shape index (κ1) is 27.4. The Morgan fingerprint density at radius 2 is 0.643 bits per heavy atom. The Labute approximate surface area is 251 Å². The lowest BCUT2D eigenvalue weighted by atomic mass is 9.97. The summed E-state index contributed by atoms with van der Waals surface area (Å²) in [6.45, 7) is 13.1. The number of benzene rings is 4. The minimum atomic E-state index is 1.20. The fourth-order valence-corrected chi connectivity index (χ4v) is 6.09. The summed E-state index contributed by atoms with van der Waals surface area (Å²) in [5, 5.41) is 0. The summed E-state index contributed by atoms with van der Waals surface area (Å²) in [5.74, 6) is 0. The Morgan fingerprint density at radius 3 is 0.929 bits per heavy atom. The summed E-state index contributed by atoms with van der Waals surface area (Å²) in [6.07, 6.45) is 17.5. The lowest BCUT2D eigenvalue weighted by Gasteiger charge is -2.26. The van der Waals surface area contributed by atoms with Crippen molar-refractivity contribution in [1.82, 2.24) is 0 Å². The Balaban J connectivity index is 1.20. The standard InChI is InChI=1S/C40H38N2/c1-27-7-11-33(12-8-27)37-23-29(3)39(30(4)24-37)41-19-15-35(16-20-41)36-17-21-42(22-18-36)40-31(5)25-38(26-32(40)6)34-13-9-28(2)10-14-34/h7-26H,1-6H3. The monoisotopic (exact) mass is 546 g/mol. The Kier molecular flexibility index (Phi) is 7.31. The summed E-state index contributed by atoms with van der Waals surface area (Å²) >= 11 is 0. The van der Waals surface area contributed by atoms with Crippen molar-refractivity contribution in [2.45, 2.75) is 41.5 Å². The van der Waals surface area contributed by atoms with Gasteiger partial charge in [0.05, 0.1) is 11.4 Å². The predicted molar refractivity (Wildman–Crippen MR) is 181 cm³/mol. The van der Waals surface area contributed by atoms with E-state index in [9.17, 15) is 0 Å². The van der Waals surface area contributed by atoms with Crippen molar-refractivity contribution in [3.05, 3.63) is 166 Å². The fourth-order valence-electron chi connectivity index (χ4n) is 6.09. The molecule has 0 atom stereocenters. The fraction of sp³-hybridized carbons (Fsp3) is 0.150. The number of rotatable bonds is 4. The van der Waals surface area contributed by atoms with Crippen LogP contribution in [0.4, 0.5) is 11.4 Å². The van der Waals surface area contributed by atoms with Gasteiger partial charge in [0.15, 0.2) is 0 Å². The smallest absolute Gasteiger partial charge is 0.0508 e. The van der Waals surface area contributed by atoms with Gasteiger partial charge in [-0.2, -0.15) is 0 Å². The molecule has 6 rings (SSSR count). The van der Waals surface area contributed by atoms with E-state index in [1.165, 1.54) is 78.2 Å². The Bertz CT molecular complexity index is 1600. The average Bonchev–Trinajstić information content (AvgIpc) is 2.98. The first-order chi connectivity index (χ1) is 20.3. The zero-order chi connectivity index (χ0) is 29.4. The van der Waals surface area contributed by atoms with Gasteiger partial charge >= 0.3 is 0 Å². The third kappa shape index (κ3) is 5.41. The first-order valence-electron chi connectivity index (χ1n) is 14.7. The second-order valence-electron chi connectivity index (χ2n) is 11.6. The number of nitrogens with zero attached hydrogens (tertiary/aromatic N) is 2. The highest BCUT2D eigenvalue weighted by atomic mass is 15.1. The molecular weight excluding hydrogens is 508 g/mol. The second kappa shape index (κ2) is 11.2. The van der Waals surface area contributed by atoms with E-state index in [2.05, 4.69) is 173 Å². The molecule has 4 aromatic rings. The molecule has 0 radical (unpaired) electrons. The highest BCUT2D eigenvalue weighted by Gasteiger charge is 2.16. The maximum atomic E-state index is 2.29. The minimum Gasteiger partial charge on any atom is -0.323 e. The van der Waals surface area contributed by atoms with Crippen LogP contribution in [0.5, 0.6) is 0 Å². The summed E-state index contributed by atoms with van der Waals surface area (Å²) in [6, 6.07) is 26.7. The van der Waals surface area contributed by atoms with E-state index in [-0.39, 0.29) is 0 Å². The molecule has 2 nitrogen and oxygen atoms in total. The van der Waals surface area contributed by atoms with Gasteiger partial charge in [-0.3, -0.25) is 0 Å². The number of allylic oxidation sites excluding steroid dienone is 6. The van der Waals surface area contributed by atoms with E-state index >= 15 is 0 Å². The molecule has 4 aromatic carbocycles. The number of hydrogen-bond donors (Lipinski definition) is 0. The summed E-state index contributed by atoms with van der Waals surface area (Å²) in [5.41, 5.74) is 17.6. The molecule has 2 heteroatoms. The van der Waals surface area contributed by atoms with Crippen LogP contribution in [0.15, 0.2) is 133 Å². The molecule has 208 valence electrons. The van der Waals surface area contributed by atoms with E-state index in [4.69, 9.17) is 0 Å². The third-order valence-corrected chi connectivity index (χ3v) is 8.26. The Hall–Kier alpha value is -4.82. The molecule has 0 spiro atoms. The average molecular weight is 547 g/mol. The molecular formula is C40H38N2. The highest BCUT2D eigenvalue weighted by Crippen LogP contribution is 2.35. The van der Waals surface area contributed by atoms with Crippen LogP contribution in [-0.4, -0.2) is 0 Å². The molecule has 2 heterocycles. The van der Waals surface area contributed by atoms with Crippen molar-refractivity contribution in [1.29, 1.82) is 0 Å². The van der Waals surface area contributed by atoms with Gasteiger partial charge in [-0.15, -0.1) is 0 Å². The number of aryl methyl sites for hydroxylation is 6. The molecule has 0 aromatic heterocycles. The summed E-state index contributed by atoms with van der Waals surface area (Å²) < 4.78 is 0. The maximum Gasteiger partial charge on any atom is 0.0508 e. The SMILES string of the molecule is Cc1ccc(-c2cc(C)c(N3C=CC(=C4C=CN(c5c(C)cc(-c6ccc(C)cc6)cc5C)C=C4)C=C3)c(C)c2)cc1. The zero-order valence-electron chi connectivity index (χ0n) is 25.4. The maximum absolute atomic E-state index is 2.29. The molecule has 0 N–H and O–H groups in total. The van der Waals surface area contributed by atoms with Crippen LogP contribution in [-0.2, 0) is 0 Å². The van der Waals surface area contributed by atoms with E-state index < -0.39 is 0 Å². The second-order valence-corrected chi connectivity index (χ2v) is 11.6. The molecule has 0 fully saturated rings. The van der Waals surface area contributed by atoms with Gasteiger partial charge in [0.25, 0.3) is 0 Å². The van der Waals surface area contributed by atoms with Gasteiger partial charge in [0, 0.05) is 24.8 Å². The Morgan fingerprint density at radius 1 is 0.357 bits per heavy atom. The third-order valence-electron chi connectivity index (χ3n) is 8.26. The topological polar surface area (TPSA) is 6.48 Å². The van der Waals surface area contributed by atoms with Crippen LogP contribution in [0.2, 0.25) is 0 Å². The van der Waals surface area contributed by atoms with Gasteiger partial charge in [0.2, 0.25) is 0 Å². The van der Waals surface area contributed by atoms with Gasteiger partial charge in [-0.1, -0.05) is 59.7 Å². The van der Waals surface area contributed by atoms with E-state index in [1.54, 1.807) is 0 Å². The normalized spacial score (nSPS) is 14.3. The van der Waals surface area contributed by atoms with Crippen molar-refractivity contribution in [3.63, 3.8) is 0 Å². The van der Waals surface area contributed by atoms with E-state index in [0.29, 0.717) is 0 Å². The van der Waals surface area contributed by atoms with Crippen LogP contribution in [0, 0.1) is 41.5 Å². The first-order valence-corrected chi connectivity index (χ1v) is 14.7. The van der Waals surface area contributed by atoms with Crippen LogP contribution in [0.25, 0.3) is 22.3 Å². The van der Waals surface area contributed by atoms with Crippen LogP contribution in [0.3, 0.4) is 0 Å². The van der Waals surface area contributed by atoms with Crippen LogP contribution >= 0.6 is 0 Å². The highest BCUT2D eigenvalue weighted by molar-refractivity contribution is 5.76. The molecule has 0 bridgehead atoms. The number of hydrogen-bond acceptors (Lipinski definition) is 2. The van der Waals surface area contributed by atoms with Crippen molar-refractivity contribution in [2.24, 2.45) is 0 Å². The molecule has 0 saturated heterocycles. The largest absolute Gasteiger partial charge is 0.323 e. The lowest BCUT2D eigenvalue weighted by Crippen LogP contribution is -2.14. The van der Waals surface area contributed by atoms with Gasteiger partial charge in [-0.25, -0.2) is 0 Å². The van der Waals surface area contributed by atoms with E-state index in [1.807, 2.05) is 0 Å². The van der Waals surface area contributed by atoms with Gasteiger partial charge < -0.3 is 9.80 Å². The van der Waals surface area contributed by atoms with Crippen molar-refractivity contribution < 1.29 is 0 Å².